The fraction of sp³-hybridized carbons (Fsp3) is 0.600. The molecule has 0 amide bonds. The predicted octanol–water partition coefficient (Wildman–Crippen LogP) is 3.95. The van der Waals surface area contributed by atoms with Crippen LogP contribution in [0.2, 0.25) is 10.0 Å². The molecule has 1 aliphatic heterocycles. The first kappa shape index (κ1) is 13.7. The monoisotopic (exact) mass is 299 g/mol. The molecule has 104 valence electrons. The summed E-state index contributed by atoms with van der Waals surface area (Å²) in [5, 5.41) is 15.6. The highest BCUT2D eigenvalue weighted by Crippen LogP contribution is 2.47. The van der Waals surface area contributed by atoms with Crippen LogP contribution in [0.5, 0.6) is 0 Å². The van der Waals surface area contributed by atoms with Crippen LogP contribution in [-0.2, 0) is 0 Å². The molecule has 4 heteroatoms. The van der Waals surface area contributed by atoms with E-state index in [1.165, 1.54) is 6.42 Å². The smallest absolute Gasteiger partial charge is 0.0706 e. The molecule has 0 spiro atoms. The highest BCUT2D eigenvalue weighted by atomic mass is 35.5. The van der Waals surface area contributed by atoms with Crippen molar-refractivity contribution < 1.29 is 5.11 Å². The maximum atomic E-state index is 10.9. The van der Waals surface area contributed by atoms with E-state index < -0.39 is 5.60 Å². The Balaban J connectivity index is 1.97. The van der Waals surface area contributed by atoms with Gasteiger partial charge in [0.15, 0.2) is 0 Å². The minimum atomic E-state index is -0.528. The number of hydrogen-bond donors (Lipinski definition) is 2. The fourth-order valence-electron chi connectivity index (χ4n) is 3.71. The zero-order valence-corrected chi connectivity index (χ0v) is 12.3. The van der Waals surface area contributed by atoms with Crippen LogP contribution in [-0.4, -0.2) is 17.3 Å². The minimum absolute atomic E-state index is 0.116. The number of halogens is 2. The van der Waals surface area contributed by atoms with Crippen molar-refractivity contribution in [1.29, 1.82) is 0 Å². The van der Waals surface area contributed by atoms with Crippen molar-refractivity contribution in [3.05, 3.63) is 33.8 Å². The van der Waals surface area contributed by atoms with Gasteiger partial charge in [-0.3, -0.25) is 0 Å². The molecule has 1 aromatic rings. The molecule has 2 aliphatic rings. The predicted molar refractivity (Wildman–Crippen MR) is 78.7 cm³/mol. The average molecular weight is 300 g/mol. The third-order valence-corrected chi connectivity index (χ3v) is 5.54. The lowest BCUT2D eigenvalue weighted by molar-refractivity contribution is -0.0861. The third-order valence-electron chi connectivity index (χ3n) is 4.71. The van der Waals surface area contributed by atoms with Crippen LogP contribution in [0.1, 0.15) is 43.7 Å². The van der Waals surface area contributed by atoms with E-state index in [0.29, 0.717) is 10.0 Å². The molecule has 19 heavy (non-hydrogen) atoms. The largest absolute Gasteiger partial charge is 0.389 e. The molecule has 1 saturated heterocycles. The van der Waals surface area contributed by atoms with Gasteiger partial charge in [0.2, 0.25) is 0 Å². The summed E-state index contributed by atoms with van der Waals surface area (Å²) in [6, 6.07) is 5.88. The van der Waals surface area contributed by atoms with Gasteiger partial charge in [-0.15, -0.1) is 0 Å². The molecule has 0 bridgehead atoms. The summed E-state index contributed by atoms with van der Waals surface area (Å²) in [6.45, 7) is 0.834. The molecule has 2 fully saturated rings. The lowest BCUT2D eigenvalue weighted by atomic mass is 9.67. The first-order valence-electron chi connectivity index (χ1n) is 7.01. The molecule has 1 aliphatic carbocycles. The van der Waals surface area contributed by atoms with Gasteiger partial charge in [0.1, 0.15) is 0 Å². The van der Waals surface area contributed by atoms with Gasteiger partial charge in [-0.05, 0) is 37.4 Å². The molecule has 1 saturated carbocycles. The van der Waals surface area contributed by atoms with E-state index >= 15 is 0 Å². The SMILES string of the molecule is O[C@]12CCCC[C@H]1[C@H](c1cccc(Cl)c1Cl)NCC2. The van der Waals surface area contributed by atoms with Gasteiger partial charge < -0.3 is 10.4 Å². The molecule has 3 atom stereocenters. The van der Waals surface area contributed by atoms with Crippen LogP contribution in [0.15, 0.2) is 18.2 Å². The average Bonchev–Trinajstić information content (AvgIpc) is 2.40. The van der Waals surface area contributed by atoms with Crippen molar-refractivity contribution in [1.82, 2.24) is 5.32 Å². The first-order chi connectivity index (χ1) is 9.12. The second kappa shape index (κ2) is 5.25. The molecule has 1 heterocycles. The van der Waals surface area contributed by atoms with Gasteiger partial charge in [0.25, 0.3) is 0 Å². The Morgan fingerprint density at radius 1 is 1.21 bits per heavy atom. The standard InChI is InChI=1S/C15H19Cl2NO/c16-12-6-3-4-10(13(12)17)14-11-5-1-2-7-15(11,19)8-9-18-14/h3-4,6,11,14,18-19H,1-2,5,7-9H2/t11-,14-,15-/m0/s1. The Morgan fingerprint density at radius 3 is 2.89 bits per heavy atom. The molecule has 2 N–H and O–H groups in total. The number of nitrogens with one attached hydrogen (secondary N) is 1. The van der Waals surface area contributed by atoms with Crippen molar-refractivity contribution in [2.75, 3.05) is 6.54 Å². The number of fused-ring (bicyclic) bond motifs is 1. The van der Waals surface area contributed by atoms with Crippen LogP contribution in [0.25, 0.3) is 0 Å². The normalized spacial score (nSPS) is 34.9. The summed E-state index contributed by atoms with van der Waals surface area (Å²) in [5.41, 5.74) is 0.499. The Kier molecular flexibility index (Phi) is 3.78. The highest BCUT2D eigenvalue weighted by Gasteiger charge is 2.46. The lowest BCUT2D eigenvalue weighted by Gasteiger charge is -2.48. The molecule has 0 unspecified atom stereocenters. The minimum Gasteiger partial charge on any atom is -0.389 e. The Morgan fingerprint density at radius 2 is 2.05 bits per heavy atom. The Labute approximate surface area is 124 Å². The zero-order chi connectivity index (χ0) is 13.5. The number of piperidine rings is 1. The molecular weight excluding hydrogens is 281 g/mol. The molecular formula is C15H19Cl2NO. The van der Waals surface area contributed by atoms with Crippen molar-refractivity contribution >= 4 is 23.2 Å². The van der Waals surface area contributed by atoms with Crippen LogP contribution >= 0.6 is 23.2 Å². The van der Waals surface area contributed by atoms with E-state index in [4.69, 9.17) is 23.2 Å². The van der Waals surface area contributed by atoms with E-state index in [2.05, 4.69) is 5.32 Å². The molecule has 0 aromatic heterocycles. The molecule has 0 radical (unpaired) electrons. The summed E-state index contributed by atoms with van der Waals surface area (Å²) in [4.78, 5) is 0. The van der Waals surface area contributed by atoms with Gasteiger partial charge in [-0.1, -0.05) is 48.2 Å². The topological polar surface area (TPSA) is 32.3 Å². The summed E-state index contributed by atoms with van der Waals surface area (Å²) < 4.78 is 0. The van der Waals surface area contributed by atoms with Crippen molar-refractivity contribution in [2.45, 2.75) is 43.7 Å². The van der Waals surface area contributed by atoms with Crippen molar-refractivity contribution in [3.8, 4) is 0 Å². The summed E-state index contributed by atoms with van der Waals surface area (Å²) in [6.07, 6.45) is 5.11. The maximum Gasteiger partial charge on any atom is 0.0706 e. The Hall–Kier alpha value is -0.280. The van der Waals surface area contributed by atoms with E-state index in [0.717, 1.165) is 37.8 Å². The van der Waals surface area contributed by atoms with E-state index in [-0.39, 0.29) is 12.0 Å². The van der Waals surface area contributed by atoms with Gasteiger partial charge in [-0.2, -0.15) is 0 Å². The molecule has 3 rings (SSSR count). The quantitative estimate of drug-likeness (QED) is 0.823. The second-order valence-corrected chi connectivity index (χ2v) is 6.57. The second-order valence-electron chi connectivity index (χ2n) is 5.78. The van der Waals surface area contributed by atoms with Gasteiger partial charge in [-0.25, -0.2) is 0 Å². The lowest BCUT2D eigenvalue weighted by Crippen LogP contribution is -2.53. The summed E-state index contributed by atoms with van der Waals surface area (Å²) in [5.74, 6) is 0.242. The Bertz CT molecular complexity index is 475. The van der Waals surface area contributed by atoms with Crippen LogP contribution in [0.3, 0.4) is 0 Å². The van der Waals surface area contributed by atoms with E-state index in [9.17, 15) is 5.11 Å². The number of rotatable bonds is 1. The van der Waals surface area contributed by atoms with Gasteiger partial charge >= 0.3 is 0 Å². The zero-order valence-electron chi connectivity index (χ0n) is 10.8. The van der Waals surface area contributed by atoms with Gasteiger partial charge in [0.05, 0.1) is 15.6 Å². The first-order valence-corrected chi connectivity index (χ1v) is 7.77. The number of benzene rings is 1. The van der Waals surface area contributed by atoms with E-state index in [1.54, 1.807) is 0 Å². The van der Waals surface area contributed by atoms with Crippen LogP contribution < -0.4 is 5.32 Å². The van der Waals surface area contributed by atoms with E-state index in [1.807, 2.05) is 18.2 Å². The fourth-order valence-corrected chi connectivity index (χ4v) is 4.14. The molecule has 2 nitrogen and oxygen atoms in total. The highest BCUT2D eigenvalue weighted by molar-refractivity contribution is 6.42. The van der Waals surface area contributed by atoms with Crippen molar-refractivity contribution in [2.24, 2.45) is 5.92 Å². The molecule has 1 aromatic carbocycles. The van der Waals surface area contributed by atoms with Crippen molar-refractivity contribution in [3.63, 3.8) is 0 Å². The summed E-state index contributed by atoms with van der Waals surface area (Å²) >= 11 is 12.5. The number of aliphatic hydroxyl groups is 1. The van der Waals surface area contributed by atoms with Crippen LogP contribution in [0, 0.1) is 5.92 Å². The maximum absolute atomic E-state index is 10.9. The summed E-state index contributed by atoms with van der Waals surface area (Å²) in [7, 11) is 0. The number of hydrogen-bond acceptors (Lipinski definition) is 2. The van der Waals surface area contributed by atoms with Crippen LogP contribution in [0.4, 0.5) is 0 Å². The third kappa shape index (κ3) is 2.40. The van der Waals surface area contributed by atoms with Gasteiger partial charge in [0, 0.05) is 12.0 Å².